The second-order valence-electron chi connectivity index (χ2n) is 7.81. The van der Waals surface area contributed by atoms with Crippen molar-refractivity contribution in [1.82, 2.24) is 9.88 Å². The molecule has 0 atom stereocenters. The molecule has 4 rings (SSSR count). The van der Waals surface area contributed by atoms with Crippen LogP contribution >= 0.6 is 0 Å². The Balaban J connectivity index is 1.22. The van der Waals surface area contributed by atoms with Gasteiger partial charge in [0.05, 0.1) is 11.6 Å². The van der Waals surface area contributed by atoms with E-state index in [0.29, 0.717) is 0 Å². The minimum Gasteiger partial charge on any atom is -0.369 e. The Morgan fingerprint density at radius 2 is 1.79 bits per heavy atom. The van der Waals surface area contributed by atoms with Crippen molar-refractivity contribution in [3.05, 3.63) is 65.4 Å². The van der Waals surface area contributed by atoms with E-state index in [2.05, 4.69) is 58.2 Å². The highest BCUT2D eigenvalue weighted by molar-refractivity contribution is 5.84. The smallest absolute Gasteiger partial charge is 0.0991 e. The third-order valence-electron chi connectivity index (χ3n) is 5.84. The monoisotopic (exact) mass is 372 g/mol. The van der Waals surface area contributed by atoms with Crippen molar-refractivity contribution in [2.24, 2.45) is 0 Å². The third-order valence-corrected chi connectivity index (χ3v) is 5.84. The van der Waals surface area contributed by atoms with Gasteiger partial charge in [0, 0.05) is 49.0 Å². The lowest BCUT2D eigenvalue weighted by Crippen LogP contribution is -2.46. The lowest BCUT2D eigenvalue weighted by molar-refractivity contribution is 0.253. The Kier molecular flexibility index (Phi) is 5.64. The van der Waals surface area contributed by atoms with Gasteiger partial charge in [-0.25, -0.2) is 0 Å². The maximum Gasteiger partial charge on any atom is 0.0991 e. The number of aryl methyl sites for hydroxylation is 2. The topological polar surface area (TPSA) is 46.1 Å². The number of hydrogen-bond donors (Lipinski definition) is 1. The SMILES string of the molecule is Cc1ccc(N2CCN(CCCCc3c[nH]c4ccc(C#N)cc34)CC2)cc1. The van der Waals surface area contributed by atoms with Gasteiger partial charge in [-0.15, -0.1) is 0 Å². The first kappa shape index (κ1) is 18.6. The molecule has 2 aromatic carbocycles. The van der Waals surface area contributed by atoms with Gasteiger partial charge in [-0.05, 0) is 68.6 Å². The fourth-order valence-corrected chi connectivity index (χ4v) is 4.09. The number of hydrogen-bond acceptors (Lipinski definition) is 3. The van der Waals surface area contributed by atoms with E-state index >= 15 is 0 Å². The van der Waals surface area contributed by atoms with Gasteiger partial charge in [0.25, 0.3) is 0 Å². The van der Waals surface area contributed by atoms with Crippen molar-refractivity contribution in [2.75, 3.05) is 37.6 Å². The minimum absolute atomic E-state index is 0.736. The van der Waals surface area contributed by atoms with Crippen LogP contribution < -0.4 is 4.90 Å². The highest BCUT2D eigenvalue weighted by Crippen LogP contribution is 2.22. The van der Waals surface area contributed by atoms with Crippen molar-refractivity contribution in [3.63, 3.8) is 0 Å². The van der Waals surface area contributed by atoms with E-state index in [1.54, 1.807) is 0 Å². The molecular formula is C24H28N4. The summed E-state index contributed by atoms with van der Waals surface area (Å²) in [5, 5.41) is 10.3. The molecule has 0 bridgehead atoms. The first-order chi connectivity index (χ1) is 13.7. The summed E-state index contributed by atoms with van der Waals surface area (Å²) in [6, 6.07) is 17.0. The van der Waals surface area contributed by atoms with Crippen LogP contribution in [-0.4, -0.2) is 42.6 Å². The quantitative estimate of drug-likeness (QED) is 0.648. The predicted octanol–water partition coefficient (Wildman–Crippen LogP) is 4.49. The van der Waals surface area contributed by atoms with Crippen molar-refractivity contribution < 1.29 is 0 Å². The Hall–Kier alpha value is -2.77. The molecule has 4 nitrogen and oxygen atoms in total. The summed E-state index contributed by atoms with van der Waals surface area (Å²) < 4.78 is 0. The van der Waals surface area contributed by atoms with Crippen LogP contribution in [-0.2, 0) is 6.42 Å². The minimum atomic E-state index is 0.736. The van der Waals surface area contributed by atoms with Gasteiger partial charge in [-0.3, -0.25) is 4.90 Å². The van der Waals surface area contributed by atoms with Crippen LogP contribution in [0.25, 0.3) is 10.9 Å². The van der Waals surface area contributed by atoms with E-state index in [0.717, 1.165) is 43.7 Å². The molecule has 0 saturated carbocycles. The average molecular weight is 373 g/mol. The molecule has 1 N–H and O–H groups in total. The van der Waals surface area contributed by atoms with Crippen LogP contribution in [0, 0.1) is 18.3 Å². The Morgan fingerprint density at radius 3 is 2.54 bits per heavy atom. The number of nitriles is 1. The highest BCUT2D eigenvalue weighted by Gasteiger charge is 2.16. The van der Waals surface area contributed by atoms with Crippen molar-refractivity contribution >= 4 is 16.6 Å². The molecule has 1 saturated heterocycles. The number of aromatic nitrogens is 1. The maximum absolute atomic E-state index is 9.12. The molecule has 0 aliphatic carbocycles. The van der Waals surface area contributed by atoms with Gasteiger partial charge in [0.2, 0.25) is 0 Å². The number of nitrogens with zero attached hydrogens (tertiary/aromatic N) is 3. The van der Waals surface area contributed by atoms with Gasteiger partial charge in [-0.1, -0.05) is 17.7 Å². The van der Waals surface area contributed by atoms with Gasteiger partial charge < -0.3 is 9.88 Å². The largest absolute Gasteiger partial charge is 0.369 e. The van der Waals surface area contributed by atoms with E-state index in [4.69, 9.17) is 5.26 Å². The summed E-state index contributed by atoms with van der Waals surface area (Å²) in [6.07, 6.45) is 5.57. The molecule has 1 fully saturated rings. The number of aromatic amines is 1. The molecule has 1 aliphatic heterocycles. The van der Waals surface area contributed by atoms with Crippen molar-refractivity contribution in [2.45, 2.75) is 26.2 Å². The third kappa shape index (κ3) is 4.21. The molecule has 28 heavy (non-hydrogen) atoms. The van der Waals surface area contributed by atoms with E-state index in [-0.39, 0.29) is 0 Å². The van der Waals surface area contributed by atoms with E-state index in [1.165, 1.54) is 41.6 Å². The van der Waals surface area contributed by atoms with Crippen LogP contribution in [0.3, 0.4) is 0 Å². The summed E-state index contributed by atoms with van der Waals surface area (Å²) in [5.41, 5.74) is 5.86. The number of nitrogens with one attached hydrogen (secondary N) is 1. The Labute approximate surface area is 167 Å². The first-order valence-corrected chi connectivity index (χ1v) is 10.3. The maximum atomic E-state index is 9.12. The van der Waals surface area contributed by atoms with Crippen LogP contribution in [0.15, 0.2) is 48.7 Å². The number of benzene rings is 2. The van der Waals surface area contributed by atoms with Gasteiger partial charge in [0.15, 0.2) is 0 Å². The zero-order chi connectivity index (χ0) is 19.3. The molecule has 0 unspecified atom stereocenters. The summed E-state index contributed by atoms with van der Waals surface area (Å²) >= 11 is 0. The summed E-state index contributed by atoms with van der Waals surface area (Å²) in [7, 11) is 0. The standard InChI is InChI=1S/C24H28N4/c1-19-5-8-22(9-6-19)28-14-12-27(13-15-28)11-3-2-4-21-18-26-24-10-7-20(17-25)16-23(21)24/h5-10,16,18,26H,2-4,11-15H2,1H3. The highest BCUT2D eigenvalue weighted by atomic mass is 15.3. The second kappa shape index (κ2) is 8.50. The van der Waals surface area contributed by atoms with Gasteiger partial charge >= 0.3 is 0 Å². The molecule has 3 aromatic rings. The zero-order valence-corrected chi connectivity index (χ0v) is 16.6. The molecule has 1 aromatic heterocycles. The zero-order valence-electron chi connectivity index (χ0n) is 16.6. The molecule has 2 heterocycles. The average Bonchev–Trinajstić information content (AvgIpc) is 3.14. The normalized spacial score (nSPS) is 15.1. The number of fused-ring (bicyclic) bond motifs is 1. The predicted molar refractivity (Wildman–Crippen MR) is 116 cm³/mol. The van der Waals surface area contributed by atoms with Gasteiger partial charge in [0.1, 0.15) is 0 Å². The summed E-state index contributed by atoms with van der Waals surface area (Å²) in [4.78, 5) is 8.41. The van der Waals surface area contributed by atoms with E-state index in [9.17, 15) is 0 Å². The molecule has 4 heteroatoms. The summed E-state index contributed by atoms with van der Waals surface area (Å²) in [5.74, 6) is 0. The molecule has 1 aliphatic rings. The Bertz CT molecular complexity index is 956. The molecule has 144 valence electrons. The summed E-state index contributed by atoms with van der Waals surface area (Å²) in [6.45, 7) is 7.83. The second-order valence-corrected chi connectivity index (χ2v) is 7.81. The fraction of sp³-hybridized carbons (Fsp3) is 0.375. The number of piperazine rings is 1. The molecular weight excluding hydrogens is 344 g/mol. The first-order valence-electron chi connectivity index (χ1n) is 10.3. The van der Waals surface area contributed by atoms with E-state index in [1.807, 2.05) is 18.2 Å². The molecule has 0 amide bonds. The lowest BCUT2D eigenvalue weighted by atomic mass is 10.1. The number of H-pyrrole nitrogens is 1. The van der Waals surface area contributed by atoms with Crippen LogP contribution in [0.5, 0.6) is 0 Å². The van der Waals surface area contributed by atoms with Crippen LogP contribution in [0.4, 0.5) is 5.69 Å². The Morgan fingerprint density at radius 1 is 1.00 bits per heavy atom. The van der Waals surface area contributed by atoms with Crippen LogP contribution in [0.1, 0.15) is 29.5 Å². The van der Waals surface area contributed by atoms with Crippen molar-refractivity contribution in [3.8, 4) is 6.07 Å². The lowest BCUT2D eigenvalue weighted by Gasteiger charge is -2.36. The fourth-order valence-electron chi connectivity index (χ4n) is 4.09. The van der Waals surface area contributed by atoms with Crippen molar-refractivity contribution in [1.29, 1.82) is 5.26 Å². The van der Waals surface area contributed by atoms with Crippen LogP contribution in [0.2, 0.25) is 0 Å². The van der Waals surface area contributed by atoms with E-state index < -0.39 is 0 Å². The number of rotatable bonds is 6. The molecule has 0 radical (unpaired) electrons. The van der Waals surface area contributed by atoms with Gasteiger partial charge in [-0.2, -0.15) is 5.26 Å². The number of unbranched alkanes of at least 4 members (excludes halogenated alkanes) is 1. The molecule has 0 spiro atoms. The number of anilines is 1.